The zero-order chi connectivity index (χ0) is 19.8. The number of para-hydroxylation sites is 1. The molecule has 0 unspecified atom stereocenters. The van der Waals surface area contributed by atoms with Gasteiger partial charge in [0.2, 0.25) is 0 Å². The van der Waals surface area contributed by atoms with Gasteiger partial charge in [-0.1, -0.05) is 55.5 Å². The minimum atomic E-state index is -0.342. The van der Waals surface area contributed by atoms with E-state index < -0.39 is 0 Å². The number of carbonyl (C=O) groups is 2. The van der Waals surface area contributed by atoms with Crippen LogP contribution in [0.15, 0.2) is 60.8 Å². The average molecular weight is 378 g/mol. The van der Waals surface area contributed by atoms with Gasteiger partial charge >= 0.3 is 5.97 Å². The predicted octanol–water partition coefficient (Wildman–Crippen LogP) is 3.95. The highest BCUT2D eigenvalue weighted by Gasteiger charge is 2.11. The molecule has 0 aliphatic carbocycles. The Bertz CT molecular complexity index is 918. The Morgan fingerprint density at radius 2 is 1.82 bits per heavy atom. The number of fused-ring (bicyclic) bond motifs is 1. The third-order valence-electron chi connectivity index (χ3n) is 4.84. The van der Waals surface area contributed by atoms with Gasteiger partial charge in [0.1, 0.15) is 0 Å². The maximum Gasteiger partial charge on any atom is 0.306 e. The lowest BCUT2D eigenvalue weighted by molar-refractivity contribution is -0.148. The lowest BCUT2D eigenvalue weighted by Gasteiger charge is -2.13. The van der Waals surface area contributed by atoms with Crippen LogP contribution in [-0.2, 0) is 20.7 Å². The van der Waals surface area contributed by atoms with E-state index in [0.29, 0.717) is 19.4 Å². The lowest BCUT2D eigenvalue weighted by atomic mass is 10.0. The summed E-state index contributed by atoms with van der Waals surface area (Å²) in [6.45, 7) is 2.33. The third kappa shape index (κ3) is 5.46. The topological polar surface area (TPSA) is 71.2 Å². The van der Waals surface area contributed by atoms with Crippen molar-refractivity contribution in [3.8, 4) is 0 Å². The van der Waals surface area contributed by atoms with Crippen LogP contribution >= 0.6 is 0 Å². The van der Waals surface area contributed by atoms with Gasteiger partial charge in [-0.25, -0.2) is 0 Å². The van der Waals surface area contributed by atoms with Crippen molar-refractivity contribution < 1.29 is 14.3 Å². The van der Waals surface area contributed by atoms with E-state index in [0.717, 1.165) is 17.5 Å². The number of H-pyrrole nitrogens is 1. The van der Waals surface area contributed by atoms with E-state index >= 15 is 0 Å². The van der Waals surface area contributed by atoms with E-state index in [1.54, 1.807) is 0 Å². The molecule has 0 fully saturated rings. The van der Waals surface area contributed by atoms with Crippen LogP contribution in [0.25, 0.3) is 10.9 Å². The first-order valence-corrected chi connectivity index (χ1v) is 9.65. The van der Waals surface area contributed by atoms with Crippen molar-refractivity contribution in [1.29, 1.82) is 0 Å². The summed E-state index contributed by atoms with van der Waals surface area (Å²) in [5.41, 5.74) is 3.45. The highest BCUT2D eigenvalue weighted by molar-refractivity contribution is 5.83. The van der Waals surface area contributed by atoms with E-state index in [-0.39, 0.29) is 24.4 Å². The van der Waals surface area contributed by atoms with Crippen LogP contribution in [-0.4, -0.2) is 30.0 Å². The van der Waals surface area contributed by atoms with E-state index in [2.05, 4.69) is 16.4 Å². The number of hydrogen-bond acceptors (Lipinski definition) is 3. The van der Waals surface area contributed by atoms with Gasteiger partial charge in [-0.3, -0.25) is 9.59 Å². The summed E-state index contributed by atoms with van der Waals surface area (Å²) in [5, 5.41) is 4.00. The maximum atomic E-state index is 11.9. The lowest BCUT2D eigenvalue weighted by Crippen LogP contribution is -2.31. The highest BCUT2D eigenvalue weighted by Crippen LogP contribution is 2.19. The number of carbonyl (C=O) groups excluding carboxylic acids is 2. The molecule has 2 aromatic carbocycles. The minimum Gasteiger partial charge on any atom is -0.456 e. The molecule has 0 saturated carbocycles. The normalized spacial score (nSPS) is 11.9. The molecule has 3 aromatic rings. The van der Waals surface area contributed by atoms with E-state index in [9.17, 15) is 9.59 Å². The van der Waals surface area contributed by atoms with E-state index in [1.165, 1.54) is 10.9 Å². The number of aromatic nitrogens is 1. The Morgan fingerprint density at radius 1 is 1.07 bits per heavy atom. The number of esters is 1. The van der Waals surface area contributed by atoms with E-state index in [4.69, 9.17) is 4.74 Å². The van der Waals surface area contributed by atoms with Gasteiger partial charge < -0.3 is 15.0 Å². The van der Waals surface area contributed by atoms with Crippen LogP contribution in [0.5, 0.6) is 0 Å². The molecule has 0 bridgehead atoms. The highest BCUT2D eigenvalue weighted by atomic mass is 16.5. The number of benzene rings is 2. The Labute approximate surface area is 165 Å². The molecule has 5 heteroatoms. The predicted molar refractivity (Wildman–Crippen MR) is 110 cm³/mol. The molecule has 0 aliphatic heterocycles. The van der Waals surface area contributed by atoms with Gasteiger partial charge in [-0.05, 0) is 36.0 Å². The Kier molecular flexibility index (Phi) is 6.84. The standard InChI is InChI=1S/C23H26N2O3/c1-17(18-8-3-2-4-9-18)14-25-22(26)16-28-23(27)13-7-10-19-15-24-21-12-6-5-11-20(19)21/h2-6,8-9,11-12,15,17,24H,7,10,13-14,16H2,1H3,(H,25,26)/t17-/m1/s1. The Balaban J connectivity index is 1.33. The molecular weight excluding hydrogens is 352 g/mol. The number of amides is 1. The third-order valence-corrected chi connectivity index (χ3v) is 4.84. The van der Waals surface area contributed by atoms with Gasteiger partial charge in [-0.2, -0.15) is 0 Å². The molecule has 0 spiro atoms. The van der Waals surface area contributed by atoms with Crippen LogP contribution in [0.4, 0.5) is 0 Å². The van der Waals surface area contributed by atoms with Gasteiger partial charge in [0.25, 0.3) is 5.91 Å². The van der Waals surface area contributed by atoms with Gasteiger partial charge in [0.15, 0.2) is 6.61 Å². The molecular formula is C23H26N2O3. The monoisotopic (exact) mass is 378 g/mol. The summed E-state index contributed by atoms with van der Waals surface area (Å²) in [6, 6.07) is 18.1. The van der Waals surface area contributed by atoms with Gasteiger partial charge in [0, 0.05) is 30.1 Å². The van der Waals surface area contributed by atoms with Crippen molar-refractivity contribution in [1.82, 2.24) is 10.3 Å². The molecule has 2 N–H and O–H groups in total. The molecule has 0 aliphatic rings. The minimum absolute atomic E-state index is 0.206. The van der Waals surface area contributed by atoms with Crippen molar-refractivity contribution in [2.24, 2.45) is 0 Å². The van der Waals surface area contributed by atoms with Crippen LogP contribution in [0.3, 0.4) is 0 Å². The molecule has 28 heavy (non-hydrogen) atoms. The number of ether oxygens (including phenoxy) is 1. The van der Waals surface area contributed by atoms with Crippen molar-refractivity contribution in [2.45, 2.75) is 32.1 Å². The van der Waals surface area contributed by atoms with Crippen LogP contribution in [0.1, 0.15) is 36.8 Å². The van der Waals surface area contributed by atoms with Crippen molar-refractivity contribution in [2.75, 3.05) is 13.2 Å². The van der Waals surface area contributed by atoms with Crippen molar-refractivity contribution in [3.05, 3.63) is 71.9 Å². The Hall–Kier alpha value is -3.08. The SMILES string of the molecule is C[C@H](CNC(=O)COC(=O)CCCc1c[nH]c2ccccc12)c1ccccc1. The van der Waals surface area contributed by atoms with E-state index in [1.807, 2.05) is 61.7 Å². The molecule has 5 nitrogen and oxygen atoms in total. The first-order chi connectivity index (χ1) is 13.6. The molecule has 1 amide bonds. The molecule has 0 radical (unpaired) electrons. The fourth-order valence-electron chi connectivity index (χ4n) is 3.20. The van der Waals surface area contributed by atoms with Crippen LogP contribution in [0.2, 0.25) is 0 Å². The summed E-state index contributed by atoms with van der Waals surface area (Å²) >= 11 is 0. The first-order valence-electron chi connectivity index (χ1n) is 9.65. The van der Waals surface area contributed by atoms with Crippen molar-refractivity contribution >= 4 is 22.8 Å². The average Bonchev–Trinajstić information content (AvgIpc) is 3.14. The summed E-state index contributed by atoms with van der Waals surface area (Å²) in [5.74, 6) is -0.407. The molecule has 3 rings (SSSR count). The summed E-state index contributed by atoms with van der Waals surface area (Å²) in [6.07, 6.45) is 3.76. The number of aryl methyl sites for hydroxylation is 1. The van der Waals surface area contributed by atoms with Gasteiger partial charge in [-0.15, -0.1) is 0 Å². The summed E-state index contributed by atoms with van der Waals surface area (Å²) < 4.78 is 5.09. The number of nitrogens with one attached hydrogen (secondary N) is 2. The van der Waals surface area contributed by atoms with Gasteiger partial charge in [0.05, 0.1) is 0 Å². The van der Waals surface area contributed by atoms with Crippen LogP contribution in [0, 0.1) is 0 Å². The first kappa shape index (κ1) is 19.7. The molecule has 146 valence electrons. The largest absolute Gasteiger partial charge is 0.456 e. The fourth-order valence-corrected chi connectivity index (χ4v) is 3.20. The molecule has 1 heterocycles. The fraction of sp³-hybridized carbons (Fsp3) is 0.304. The van der Waals surface area contributed by atoms with Crippen molar-refractivity contribution in [3.63, 3.8) is 0 Å². The Morgan fingerprint density at radius 3 is 2.64 bits per heavy atom. The number of rotatable bonds is 9. The second-order valence-electron chi connectivity index (χ2n) is 6.99. The smallest absolute Gasteiger partial charge is 0.306 e. The second-order valence-corrected chi connectivity index (χ2v) is 6.99. The maximum absolute atomic E-state index is 11.9. The quantitative estimate of drug-likeness (QED) is 0.554. The zero-order valence-electron chi connectivity index (χ0n) is 16.1. The second kappa shape index (κ2) is 9.74. The summed E-state index contributed by atoms with van der Waals surface area (Å²) in [4.78, 5) is 27.0. The zero-order valence-corrected chi connectivity index (χ0v) is 16.1. The molecule has 1 atom stereocenters. The molecule has 1 aromatic heterocycles. The number of hydrogen-bond donors (Lipinski definition) is 2. The summed E-state index contributed by atoms with van der Waals surface area (Å²) in [7, 11) is 0. The molecule has 0 saturated heterocycles. The number of aromatic amines is 1. The van der Waals surface area contributed by atoms with Crippen LogP contribution < -0.4 is 5.32 Å².